The maximum atomic E-state index is 9.52. The highest BCUT2D eigenvalue weighted by Crippen LogP contribution is 2.36. The quantitative estimate of drug-likeness (QED) is 0.507. The van der Waals surface area contributed by atoms with Crippen LogP contribution in [0.5, 0.6) is 11.5 Å². The van der Waals surface area contributed by atoms with Crippen molar-refractivity contribution in [2.45, 2.75) is 19.3 Å². The lowest BCUT2D eigenvalue weighted by molar-refractivity contribution is 0.394. The van der Waals surface area contributed by atoms with Crippen LogP contribution in [0.3, 0.4) is 0 Å². The Bertz CT molecular complexity index is 359. The second kappa shape index (κ2) is 3.02. The minimum absolute atomic E-state index is 0.134. The largest absolute Gasteiger partial charge is 0.504 e. The fourth-order valence-electron chi connectivity index (χ4n) is 1.11. The molecule has 0 atom stereocenters. The van der Waals surface area contributed by atoms with Gasteiger partial charge >= 0.3 is 0 Å². The van der Waals surface area contributed by atoms with Crippen LogP contribution in [-0.4, -0.2) is 10.2 Å². The number of rotatable bonds is 1. The summed E-state index contributed by atoms with van der Waals surface area (Å²) in [5.74, 6) is 2.28. The maximum Gasteiger partial charge on any atom is 0.162 e. The van der Waals surface area contributed by atoms with Gasteiger partial charge < -0.3 is 10.2 Å². The summed E-state index contributed by atoms with van der Waals surface area (Å²) < 4.78 is 0. The van der Waals surface area contributed by atoms with E-state index in [4.69, 9.17) is 6.42 Å². The molecule has 2 N–H and O–H groups in total. The van der Waals surface area contributed by atoms with Gasteiger partial charge in [-0.2, -0.15) is 0 Å². The topological polar surface area (TPSA) is 40.5 Å². The second-order valence-corrected chi connectivity index (χ2v) is 3.44. The summed E-state index contributed by atoms with van der Waals surface area (Å²) >= 11 is 0. The molecular formula is C11H12O2. The lowest BCUT2D eigenvalue weighted by atomic mass is 9.85. The zero-order chi connectivity index (χ0) is 10.1. The summed E-state index contributed by atoms with van der Waals surface area (Å²) in [6, 6.07) is 4.78. The maximum absolute atomic E-state index is 9.52. The average Bonchev–Trinajstić information content (AvgIpc) is 2.09. The summed E-state index contributed by atoms with van der Waals surface area (Å²) in [5.41, 5.74) is -0.00183. The summed E-state index contributed by atoms with van der Waals surface area (Å²) in [5, 5.41) is 18.8. The van der Waals surface area contributed by atoms with Gasteiger partial charge in [0.1, 0.15) is 0 Å². The Morgan fingerprint density at radius 1 is 1.31 bits per heavy atom. The fraction of sp³-hybridized carbons (Fsp3) is 0.273. The smallest absolute Gasteiger partial charge is 0.162 e. The molecule has 0 aliphatic heterocycles. The van der Waals surface area contributed by atoms with Crippen molar-refractivity contribution in [3.8, 4) is 23.8 Å². The summed E-state index contributed by atoms with van der Waals surface area (Å²) in [6.45, 7) is 3.61. The molecular weight excluding hydrogens is 164 g/mol. The Hall–Kier alpha value is -1.62. The van der Waals surface area contributed by atoms with Crippen LogP contribution in [0, 0.1) is 12.3 Å². The van der Waals surface area contributed by atoms with Crippen LogP contribution in [0.15, 0.2) is 18.2 Å². The van der Waals surface area contributed by atoms with Gasteiger partial charge in [0, 0.05) is 5.56 Å². The third kappa shape index (κ3) is 1.59. The van der Waals surface area contributed by atoms with Gasteiger partial charge in [-0.05, 0) is 19.9 Å². The minimum Gasteiger partial charge on any atom is -0.504 e. The van der Waals surface area contributed by atoms with Crippen molar-refractivity contribution in [2.24, 2.45) is 0 Å². The normalized spacial score (nSPS) is 10.8. The van der Waals surface area contributed by atoms with Gasteiger partial charge in [0.25, 0.3) is 0 Å². The molecule has 13 heavy (non-hydrogen) atoms. The first kappa shape index (κ1) is 9.47. The number of phenols is 2. The van der Waals surface area contributed by atoms with Gasteiger partial charge in [-0.25, -0.2) is 0 Å². The summed E-state index contributed by atoms with van der Waals surface area (Å²) in [7, 11) is 0. The van der Waals surface area contributed by atoms with E-state index < -0.39 is 5.41 Å². The van der Waals surface area contributed by atoms with Gasteiger partial charge in [0.2, 0.25) is 0 Å². The van der Waals surface area contributed by atoms with Gasteiger partial charge in [-0.1, -0.05) is 18.1 Å². The number of benzene rings is 1. The van der Waals surface area contributed by atoms with E-state index in [1.807, 2.05) is 13.8 Å². The van der Waals surface area contributed by atoms with E-state index >= 15 is 0 Å². The first-order valence-corrected chi connectivity index (χ1v) is 3.98. The van der Waals surface area contributed by atoms with E-state index in [1.165, 1.54) is 6.07 Å². The molecule has 1 rings (SSSR count). The van der Waals surface area contributed by atoms with Crippen LogP contribution >= 0.6 is 0 Å². The molecule has 0 saturated heterocycles. The zero-order valence-electron chi connectivity index (χ0n) is 7.70. The summed E-state index contributed by atoms with van der Waals surface area (Å²) in [4.78, 5) is 0. The van der Waals surface area contributed by atoms with E-state index in [0.717, 1.165) is 0 Å². The van der Waals surface area contributed by atoms with Crippen molar-refractivity contribution in [1.29, 1.82) is 0 Å². The standard InChI is InChI=1S/C11H12O2/c1-4-11(2,3)8-6-5-7-9(12)10(8)13/h1,5-7,12-13H,2-3H3. The monoisotopic (exact) mass is 176 g/mol. The van der Waals surface area contributed by atoms with Crippen LogP contribution in [0.1, 0.15) is 19.4 Å². The zero-order valence-corrected chi connectivity index (χ0v) is 7.70. The number of hydrogen-bond acceptors (Lipinski definition) is 2. The molecule has 0 aliphatic carbocycles. The molecule has 0 aliphatic rings. The average molecular weight is 176 g/mol. The lowest BCUT2D eigenvalue weighted by Crippen LogP contribution is -2.13. The third-order valence-corrected chi connectivity index (χ3v) is 2.05. The predicted octanol–water partition coefficient (Wildman–Crippen LogP) is 2.01. The van der Waals surface area contributed by atoms with Crippen molar-refractivity contribution < 1.29 is 10.2 Å². The van der Waals surface area contributed by atoms with Crippen LogP contribution < -0.4 is 0 Å². The van der Waals surface area contributed by atoms with Crippen LogP contribution in [-0.2, 0) is 5.41 Å². The summed E-state index contributed by atoms with van der Waals surface area (Å²) in [6.07, 6.45) is 5.31. The molecule has 1 aromatic rings. The molecule has 0 radical (unpaired) electrons. The first-order chi connectivity index (χ1) is 5.99. The number of terminal acetylenes is 1. The molecule has 0 amide bonds. The van der Waals surface area contributed by atoms with Crippen molar-refractivity contribution in [2.75, 3.05) is 0 Å². The van der Waals surface area contributed by atoms with Crippen LogP contribution in [0.25, 0.3) is 0 Å². The molecule has 2 nitrogen and oxygen atoms in total. The number of hydrogen-bond donors (Lipinski definition) is 2. The van der Waals surface area contributed by atoms with Crippen molar-refractivity contribution in [3.63, 3.8) is 0 Å². The third-order valence-electron chi connectivity index (χ3n) is 2.05. The van der Waals surface area contributed by atoms with E-state index in [-0.39, 0.29) is 11.5 Å². The molecule has 0 spiro atoms. The molecule has 0 saturated carbocycles. The SMILES string of the molecule is C#CC(C)(C)c1cccc(O)c1O. The molecule has 1 aromatic carbocycles. The Balaban J connectivity index is 3.33. The fourth-order valence-corrected chi connectivity index (χ4v) is 1.11. The van der Waals surface area contributed by atoms with Gasteiger partial charge in [0.05, 0.1) is 5.41 Å². The van der Waals surface area contributed by atoms with Crippen LogP contribution in [0.4, 0.5) is 0 Å². The van der Waals surface area contributed by atoms with E-state index in [9.17, 15) is 10.2 Å². The van der Waals surface area contributed by atoms with Crippen LogP contribution in [0.2, 0.25) is 0 Å². The molecule has 0 heterocycles. The van der Waals surface area contributed by atoms with E-state index in [1.54, 1.807) is 12.1 Å². The van der Waals surface area contributed by atoms with Crippen molar-refractivity contribution in [3.05, 3.63) is 23.8 Å². The second-order valence-electron chi connectivity index (χ2n) is 3.44. The minimum atomic E-state index is -0.567. The highest BCUT2D eigenvalue weighted by Gasteiger charge is 2.22. The number of aromatic hydroxyl groups is 2. The molecule has 0 bridgehead atoms. The van der Waals surface area contributed by atoms with Crippen molar-refractivity contribution in [1.82, 2.24) is 0 Å². The number of phenolic OH excluding ortho intramolecular Hbond substituents is 2. The highest BCUT2D eigenvalue weighted by atomic mass is 16.3. The van der Waals surface area contributed by atoms with Gasteiger partial charge in [-0.15, -0.1) is 6.42 Å². The van der Waals surface area contributed by atoms with E-state index in [2.05, 4.69) is 5.92 Å². The Kier molecular flexibility index (Phi) is 2.20. The molecule has 0 fully saturated rings. The highest BCUT2D eigenvalue weighted by molar-refractivity contribution is 5.50. The Morgan fingerprint density at radius 3 is 2.46 bits per heavy atom. The predicted molar refractivity (Wildman–Crippen MR) is 51.6 cm³/mol. The van der Waals surface area contributed by atoms with Gasteiger partial charge in [0.15, 0.2) is 11.5 Å². The van der Waals surface area contributed by atoms with Crippen molar-refractivity contribution >= 4 is 0 Å². The van der Waals surface area contributed by atoms with E-state index in [0.29, 0.717) is 5.56 Å². The Labute approximate surface area is 77.8 Å². The molecule has 0 unspecified atom stereocenters. The molecule has 2 heteroatoms. The molecule has 0 aromatic heterocycles. The first-order valence-electron chi connectivity index (χ1n) is 3.98. The number of para-hydroxylation sites is 1. The molecule has 68 valence electrons. The lowest BCUT2D eigenvalue weighted by Gasteiger charge is -2.19. The van der Waals surface area contributed by atoms with Gasteiger partial charge in [-0.3, -0.25) is 0 Å². The Morgan fingerprint density at radius 2 is 1.92 bits per heavy atom.